The van der Waals surface area contributed by atoms with Gasteiger partial charge in [-0.2, -0.15) is 0 Å². The number of carbonyl (C=O) groups is 2. The topological polar surface area (TPSA) is 231 Å². The third kappa shape index (κ3) is 10.1. The van der Waals surface area contributed by atoms with Crippen LogP contribution in [-0.2, 0) is 18.8 Å². The number of aromatic nitrogens is 10. The summed E-state index contributed by atoms with van der Waals surface area (Å²) in [6.07, 6.45) is 0. The Kier molecular flexibility index (Phi) is 15.6. The number of carboxylic acid groups (broad SMARTS) is 1. The molecule has 0 aliphatic carbocycles. The predicted molar refractivity (Wildman–Crippen MR) is 226 cm³/mol. The van der Waals surface area contributed by atoms with Gasteiger partial charge in [-0.1, -0.05) is 81.2 Å². The summed E-state index contributed by atoms with van der Waals surface area (Å²) in [7, 11) is 4.81. The van der Waals surface area contributed by atoms with Gasteiger partial charge < -0.3 is 26.0 Å². The Bertz CT molecular complexity index is 2770. The van der Waals surface area contributed by atoms with E-state index >= 15 is 0 Å². The molecule has 0 amide bonds. The van der Waals surface area contributed by atoms with Crippen LogP contribution in [0.2, 0.25) is 20.1 Å². The molecule has 0 aliphatic heterocycles. The van der Waals surface area contributed by atoms with Gasteiger partial charge in [-0.15, -0.1) is 32.9 Å². The molecule has 0 atom stereocenters. The second-order valence-electron chi connectivity index (χ2n) is 11.3. The minimum Gasteiger partial charge on any atom is -0.870 e. The number of anilines is 4. The van der Waals surface area contributed by atoms with Crippen molar-refractivity contribution in [1.29, 1.82) is 0 Å². The summed E-state index contributed by atoms with van der Waals surface area (Å²) in [5.74, 6) is -0.344. The monoisotopic (exact) mass is 958 g/mol. The molecule has 26 heteroatoms. The van der Waals surface area contributed by atoms with E-state index in [4.69, 9.17) is 56.1 Å². The van der Waals surface area contributed by atoms with E-state index in [-0.39, 0.29) is 39.9 Å². The number of hydrogen-bond donors (Lipinski definition) is 3. The maximum Gasteiger partial charge on any atom is 1.00 e. The molecule has 6 aromatic heterocycles. The van der Waals surface area contributed by atoms with E-state index in [2.05, 4.69) is 46.7 Å². The largest absolute Gasteiger partial charge is 1.00 e. The molecule has 0 radical (unpaired) electrons. The zero-order chi connectivity index (χ0) is 40.4. The number of carboxylic acids is 1. The zero-order valence-corrected chi connectivity index (χ0v) is 38.8. The maximum absolute atomic E-state index is 12.0. The van der Waals surface area contributed by atoms with Crippen molar-refractivity contribution in [2.24, 2.45) is 14.1 Å². The van der Waals surface area contributed by atoms with Crippen LogP contribution in [0.3, 0.4) is 0 Å². The van der Waals surface area contributed by atoms with E-state index in [0.717, 1.165) is 27.3 Å². The summed E-state index contributed by atoms with van der Waals surface area (Å²) >= 11 is 29.5. The number of aryl methyl sites for hydroxylation is 2. The first-order valence-corrected chi connectivity index (χ1v) is 20.7. The van der Waals surface area contributed by atoms with Crippen LogP contribution in [0, 0.1) is 0 Å². The van der Waals surface area contributed by atoms with Crippen LogP contribution in [-0.4, -0.2) is 80.0 Å². The minimum atomic E-state index is -1.00. The van der Waals surface area contributed by atoms with Gasteiger partial charge in [0.15, 0.2) is 21.9 Å². The van der Waals surface area contributed by atoms with Crippen molar-refractivity contribution >= 4 is 125 Å². The third-order valence-electron chi connectivity index (χ3n) is 7.67. The number of nitrogens with zero attached hydrogens (tertiary/aromatic N) is 10. The summed E-state index contributed by atoms with van der Waals surface area (Å²) in [6.45, 7) is 0. The van der Waals surface area contributed by atoms with Gasteiger partial charge in [0.25, 0.3) is 0 Å². The SMILES string of the molecule is COC(=O)c1sccc1Nc1nc(-c2ccc(Cl)c(Cl)c2)c(-c2nnnn2C)s1.Cn1nnnc1-c1sc(Nc2ccsc2C(=O)O)nc1-c1ccc(Cl)c(Cl)c1.[Na+].[OH-]. The molecular weight excluding hydrogens is 938 g/mol. The average Bonchev–Trinajstić information content (AvgIpc) is 4.05. The molecule has 0 unspecified atom stereocenters. The molecule has 8 rings (SSSR count). The molecule has 0 saturated carbocycles. The summed E-state index contributed by atoms with van der Waals surface area (Å²) in [4.78, 5) is 34.8. The van der Waals surface area contributed by atoms with Crippen LogP contribution in [0.1, 0.15) is 19.3 Å². The number of aromatic carboxylic acids is 1. The maximum atomic E-state index is 12.0. The van der Waals surface area contributed by atoms with E-state index in [1.807, 2.05) is 6.07 Å². The second-order valence-corrected chi connectivity index (χ2v) is 16.7. The normalized spacial score (nSPS) is 10.6. The Labute approximate surface area is 391 Å². The fraction of sp³-hybridized carbons (Fsp3) is 0.0909. The number of esters is 1. The number of benzene rings is 2. The molecule has 59 heavy (non-hydrogen) atoms. The smallest absolute Gasteiger partial charge is 0.870 e. The molecule has 0 aliphatic rings. The van der Waals surface area contributed by atoms with Gasteiger partial charge in [0, 0.05) is 25.2 Å². The van der Waals surface area contributed by atoms with Crippen molar-refractivity contribution in [3.63, 3.8) is 0 Å². The standard InChI is InChI=1S/C17H12Cl2N6O2S2.C16H10Cl2N6O2S2.Na.H2O/c1-25-15(22-23-24-25)14-12(8-3-4-9(18)10(19)7-8)21-17(29-14)20-11-5-6-28-13(11)16(26)27-2;1-24-14(21-22-23-24)13-11(7-2-3-8(17)9(18)6-7)20-16(28-13)19-10-4-5-27-12(10)15(25)26;;/h3-7H,1-2H3,(H,20,21);2-6H,1H3,(H,19,20)(H,25,26);;1H2/q;;+1;/p-1. The molecule has 0 saturated heterocycles. The number of thiophene rings is 2. The first-order chi connectivity index (χ1) is 27.4. The molecular formula is C33H23Cl4N12NaO5S4. The molecule has 17 nitrogen and oxygen atoms in total. The number of tetrazole rings is 2. The Morgan fingerprint density at radius 2 is 1.14 bits per heavy atom. The van der Waals surface area contributed by atoms with Crippen molar-refractivity contribution in [3.8, 4) is 43.9 Å². The van der Waals surface area contributed by atoms with E-state index in [1.54, 1.807) is 72.0 Å². The van der Waals surface area contributed by atoms with Gasteiger partial charge in [0.1, 0.15) is 19.5 Å². The number of nitrogens with one attached hydrogen (secondary N) is 2. The van der Waals surface area contributed by atoms with Gasteiger partial charge in [-0.25, -0.2) is 28.9 Å². The zero-order valence-electron chi connectivity index (χ0n) is 30.5. The quantitative estimate of drug-likeness (QED) is 0.0977. The minimum absolute atomic E-state index is 0. The van der Waals surface area contributed by atoms with Crippen LogP contribution < -0.4 is 40.2 Å². The van der Waals surface area contributed by atoms with Gasteiger partial charge in [-0.05, 0) is 68.0 Å². The fourth-order valence-corrected chi connectivity index (χ4v) is 9.11. The molecule has 0 bridgehead atoms. The summed E-state index contributed by atoms with van der Waals surface area (Å²) in [5.41, 5.74) is 3.83. The number of carbonyl (C=O) groups excluding carboxylic acids is 1. The van der Waals surface area contributed by atoms with Crippen LogP contribution in [0.15, 0.2) is 59.3 Å². The number of methoxy groups -OCH3 is 1. The molecule has 0 spiro atoms. The number of ether oxygens (including phenoxy) is 1. The molecule has 8 aromatic rings. The first kappa shape index (κ1) is 46.0. The van der Waals surface area contributed by atoms with Crippen LogP contribution in [0.25, 0.3) is 43.9 Å². The number of rotatable bonds is 10. The summed E-state index contributed by atoms with van der Waals surface area (Å²) in [5, 5.41) is 45.2. The van der Waals surface area contributed by atoms with Crippen LogP contribution >= 0.6 is 91.8 Å². The fourth-order valence-electron chi connectivity index (χ4n) is 5.03. The number of halogens is 4. The van der Waals surface area contributed by atoms with E-state index in [0.29, 0.717) is 74.5 Å². The van der Waals surface area contributed by atoms with Crippen LogP contribution in [0.4, 0.5) is 21.6 Å². The van der Waals surface area contributed by atoms with Gasteiger partial charge >= 0.3 is 41.5 Å². The van der Waals surface area contributed by atoms with Crippen molar-refractivity contribution in [2.45, 2.75) is 0 Å². The van der Waals surface area contributed by atoms with Crippen molar-refractivity contribution in [3.05, 3.63) is 89.1 Å². The van der Waals surface area contributed by atoms with Crippen molar-refractivity contribution in [1.82, 2.24) is 50.4 Å². The Balaban J connectivity index is 0.000000217. The molecule has 4 N–H and O–H groups in total. The van der Waals surface area contributed by atoms with Crippen molar-refractivity contribution in [2.75, 3.05) is 17.7 Å². The Morgan fingerprint density at radius 1 is 0.695 bits per heavy atom. The number of thiazole rings is 2. The van der Waals surface area contributed by atoms with Gasteiger partial charge in [0.2, 0.25) is 0 Å². The molecule has 6 heterocycles. The van der Waals surface area contributed by atoms with E-state index in [9.17, 15) is 14.7 Å². The molecule has 2 aromatic carbocycles. The molecule has 0 fully saturated rings. The summed E-state index contributed by atoms with van der Waals surface area (Å²) < 4.78 is 7.92. The van der Waals surface area contributed by atoms with Gasteiger partial charge in [0.05, 0.1) is 50.0 Å². The van der Waals surface area contributed by atoms with Crippen molar-refractivity contribution < 1.29 is 54.5 Å². The predicted octanol–water partition coefficient (Wildman–Crippen LogP) is 6.54. The van der Waals surface area contributed by atoms with Gasteiger partial charge in [-0.3, -0.25) is 0 Å². The van der Waals surface area contributed by atoms with E-state index in [1.165, 1.54) is 45.8 Å². The van der Waals surface area contributed by atoms with Crippen LogP contribution in [0.5, 0.6) is 0 Å². The third-order valence-corrected chi connectivity index (χ3v) is 12.9. The van der Waals surface area contributed by atoms with E-state index < -0.39 is 11.9 Å². The first-order valence-electron chi connectivity index (χ1n) is 15.8. The second kappa shape index (κ2) is 20.0. The Morgan fingerprint density at radius 3 is 1.53 bits per heavy atom. The number of hydrogen-bond acceptors (Lipinski definition) is 18. The molecule has 298 valence electrons. The average molecular weight is 961 g/mol. The summed E-state index contributed by atoms with van der Waals surface area (Å²) in [6, 6.07) is 13.9. The Hall–Kier alpha value is -4.10.